The number of benzene rings is 2. The van der Waals surface area contributed by atoms with Crippen molar-refractivity contribution < 1.29 is 18.0 Å². The molecule has 3 aromatic heterocycles. The molecule has 3 heterocycles. The molecule has 11 heteroatoms. The molecule has 1 N–H and O–H groups in total. The summed E-state index contributed by atoms with van der Waals surface area (Å²) in [6, 6.07) is 17.7. The Balaban J connectivity index is 1.62. The van der Waals surface area contributed by atoms with Crippen molar-refractivity contribution in [3.8, 4) is 22.9 Å². The van der Waals surface area contributed by atoms with E-state index in [2.05, 4.69) is 16.0 Å². The van der Waals surface area contributed by atoms with Gasteiger partial charge in [-0.05, 0) is 61.4 Å². The number of imidazole rings is 1. The van der Waals surface area contributed by atoms with Crippen LogP contribution in [0.15, 0.2) is 71.8 Å². The third kappa shape index (κ3) is 4.50. The average molecular weight is 531 g/mol. The molecule has 2 aromatic carbocycles. The van der Waals surface area contributed by atoms with Gasteiger partial charge in [0.2, 0.25) is 0 Å². The molecule has 8 nitrogen and oxygen atoms in total. The molecule has 0 saturated carbocycles. The highest BCUT2D eigenvalue weighted by Crippen LogP contribution is 2.31. The Morgan fingerprint density at radius 2 is 1.67 bits per heavy atom. The second-order valence-electron chi connectivity index (χ2n) is 9.57. The fraction of sp³-hybridized carbons (Fsp3) is 0.179. The van der Waals surface area contributed by atoms with Crippen molar-refractivity contribution in [1.29, 1.82) is 5.26 Å². The number of carbonyl (C=O) groups excluding carboxylic acids is 1. The number of pyridine rings is 2. The number of amides is 1. The minimum Gasteiger partial charge on any atom is -0.303 e. The molecule has 0 radical (unpaired) electrons. The maximum atomic E-state index is 13.3. The van der Waals surface area contributed by atoms with Gasteiger partial charge in [-0.2, -0.15) is 18.4 Å². The zero-order valence-corrected chi connectivity index (χ0v) is 21.0. The number of anilines is 1. The number of alkyl halides is 3. The van der Waals surface area contributed by atoms with E-state index in [1.807, 2.05) is 32.0 Å². The van der Waals surface area contributed by atoms with Gasteiger partial charge in [0.05, 0.1) is 39.9 Å². The molecule has 1 amide bonds. The van der Waals surface area contributed by atoms with E-state index in [1.54, 1.807) is 53.5 Å². The number of halogens is 3. The summed E-state index contributed by atoms with van der Waals surface area (Å²) in [5, 5.41) is 11.9. The normalized spacial score (nSPS) is 12.0. The minimum absolute atomic E-state index is 0.231. The zero-order valence-electron chi connectivity index (χ0n) is 21.0. The minimum atomic E-state index is -5.02. The number of hydrogen-bond donors (Lipinski definition) is 1. The lowest BCUT2D eigenvalue weighted by Crippen LogP contribution is -2.30. The maximum Gasteiger partial charge on any atom is 0.471 e. The molecule has 0 bridgehead atoms. The first-order valence-electron chi connectivity index (χ1n) is 11.8. The first-order chi connectivity index (χ1) is 18.4. The first-order valence-corrected chi connectivity index (χ1v) is 11.8. The van der Waals surface area contributed by atoms with Gasteiger partial charge in [0.25, 0.3) is 0 Å². The van der Waals surface area contributed by atoms with E-state index in [0.717, 1.165) is 5.56 Å². The Kier molecular flexibility index (Phi) is 5.98. The lowest BCUT2D eigenvalue weighted by molar-refractivity contribution is -0.167. The standard InChI is InChI=1S/C28H21F3N6O2/c1-27(2,15-32)18-6-8-19(9-7-18)37-24-20-12-16(4-10-21(20)33-14-22(24)36(3)26(37)39)17-5-11-23(34-13-17)35-25(38)28(29,30)31/h4-14H,1-3H3,(H,34,35,38). The molecule has 5 aromatic rings. The summed E-state index contributed by atoms with van der Waals surface area (Å²) in [6.45, 7) is 3.64. The van der Waals surface area contributed by atoms with Crippen molar-refractivity contribution in [2.45, 2.75) is 25.4 Å². The van der Waals surface area contributed by atoms with Crippen molar-refractivity contribution in [1.82, 2.24) is 19.1 Å². The van der Waals surface area contributed by atoms with E-state index in [-0.39, 0.29) is 11.5 Å². The Bertz CT molecular complexity index is 1840. The highest BCUT2D eigenvalue weighted by atomic mass is 19.4. The quantitative estimate of drug-likeness (QED) is 0.342. The van der Waals surface area contributed by atoms with Crippen LogP contribution in [0.3, 0.4) is 0 Å². The predicted octanol–water partition coefficient (Wildman–Crippen LogP) is 5.24. The summed E-state index contributed by atoms with van der Waals surface area (Å²) in [5.41, 5.74) is 3.62. The molecule has 196 valence electrons. The average Bonchev–Trinajstić information content (AvgIpc) is 3.18. The van der Waals surface area contributed by atoms with Gasteiger partial charge >= 0.3 is 17.8 Å². The summed E-state index contributed by atoms with van der Waals surface area (Å²) in [4.78, 5) is 33.0. The summed E-state index contributed by atoms with van der Waals surface area (Å²) in [5.74, 6) is -2.33. The molecule has 39 heavy (non-hydrogen) atoms. The summed E-state index contributed by atoms with van der Waals surface area (Å²) < 4.78 is 40.7. The summed E-state index contributed by atoms with van der Waals surface area (Å²) >= 11 is 0. The SMILES string of the molecule is Cn1c(=O)n(-c2ccc(C(C)(C)C#N)cc2)c2c3cc(-c4ccc(NC(=O)C(F)(F)F)nc4)ccc3ncc21. The van der Waals surface area contributed by atoms with E-state index >= 15 is 0 Å². The van der Waals surface area contributed by atoms with Gasteiger partial charge < -0.3 is 5.32 Å². The molecule has 0 saturated heterocycles. The molecular formula is C28H21F3N6O2. The number of fused-ring (bicyclic) bond motifs is 3. The number of aromatic nitrogens is 4. The molecule has 0 atom stereocenters. The lowest BCUT2D eigenvalue weighted by Gasteiger charge is -2.16. The van der Waals surface area contributed by atoms with Crippen LogP contribution in [-0.4, -0.2) is 31.2 Å². The van der Waals surface area contributed by atoms with Gasteiger partial charge in [0, 0.05) is 24.2 Å². The van der Waals surface area contributed by atoms with Gasteiger partial charge in [0.15, 0.2) is 0 Å². The third-order valence-corrected chi connectivity index (χ3v) is 6.61. The van der Waals surface area contributed by atoms with Crippen LogP contribution >= 0.6 is 0 Å². The van der Waals surface area contributed by atoms with E-state index < -0.39 is 17.5 Å². The molecule has 0 spiro atoms. The Morgan fingerprint density at radius 3 is 2.28 bits per heavy atom. The van der Waals surface area contributed by atoms with Crippen LogP contribution in [-0.2, 0) is 17.3 Å². The van der Waals surface area contributed by atoms with E-state index in [1.165, 1.54) is 16.8 Å². The van der Waals surface area contributed by atoms with E-state index in [9.17, 15) is 28.0 Å². The van der Waals surface area contributed by atoms with Gasteiger partial charge in [-0.3, -0.25) is 18.9 Å². The van der Waals surface area contributed by atoms with E-state index in [0.29, 0.717) is 38.8 Å². The largest absolute Gasteiger partial charge is 0.471 e. The number of rotatable bonds is 4. The van der Waals surface area contributed by atoms with Crippen molar-refractivity contribution >= 4 is 33.7 Å². The van der Waals surface area contributed by atoms with Crippen LogP contribution in [0, 0.1) is 11.3 Å². The number of nitriles is 1. The Labute approximate surface area is 220 Å². The summed E-state index contributed by atoms with van der Waals surface area (Å²) in [7, 11) is 1.66. The third-order valence-electron chi connectivity index (χ3n) is 6.61. The van der Waals surface area contributed by atoms with E-state index in [4.69, 9.17) is 0 Å². The zero-order chi connectivity index (χ0) is 28.1. The highest BCUT2D eigenvalue weighted by molar-refractivity contribution is 6.04. The lowest BCUT2D eigenvalue weighted by atomic mass is 9.86. The second-order valence-corrected chi connectivity index (χ2v) is 9.57. The van der Waals surface area contributed by atoms with Crippen LogP contribution in [0.5, 0.6) is 0 Å². The van der Waals surface area contributed by atoms with Gasteiger partial charge in [-0.1, -0.05) is 18.2 Å². The smallest absolute Gasteiger partial charge is 0.303 e. The number of nitrogens with one attached hydrogen (secondary N) is 1. The first kappa shape index (κ1) is 25.7. The monoisotopic (exact) mass is 530 g/mol. The number of nitrogens with zero attached hydrogens (tertiary/aromatic N) is 5. The number of carbonyl (C=O) groups is 1. The molecular weight excluding hydrogens is 509 g/mol. The topological polar surface area (TPSA) is 106 Å². The van der Waals surface area contributed by atoms with Gasteiger partial charge in [-0.25, -0.2) is 9.78 Å². The fourth-order valence-corrected chi connectivity index (χ4v) is 4.33. The van der Waals surface area contributed by atoms with Crippen molar-refractivity contribution in [3.05, 3.63) is 83.0 Å². The highest BCUT2D eigenvalue weighted by Gasteiger charge is 2.38. The molecule has 0 fully saturated rings. The van der Waals surface area contributed by atoms with Crippen LogP contribution in [0.1, 0.15) is 19.4 Å². The van der Waals surface area contributed by atoms with Crippen LogP contribution in [0.2, 0.25) is 0 Å². The molecule has 5 rings (SSSR count). The number of aryl methyl sites for hydroxylation is 1. The maximum absolute atomic E-state index is 13.3. The molecule has 0 aliphatic carbocycles. The number of hydrogen-bond acceptors (Lipinski definition) is 5. The fourth-order valence-electron chi connectivity index (χ4n) is 4.33. The molecule has 0 unspecified atom stereocenters. The van der Waals surface area contributed by atoms with Gasteiger partial charge in [-0.15, -0.1) is 0 Å². The Hall–Kier alpha value is -4.98. The van der Waals surface area contributed by atoms with Crippen molar-refractivity contribution in [2.24, 2.45) is 7.05 Å². The van der Waals surface area contributed by atoms with Crippen LogP contribution in [0.4, 0.5) is 19.0 Å². The molecule has 0 aliphatic heterocycles. The Morgan fingerprint density at radius 1 is 0.974 bits per heavy atom. The van der Waals surface area contributed by atoms with Crippen molar-refractivity contribution in [2.75, 3.05) is 5.32 Å². The van der Waals surface area contributed by atoms with Crippen LogP contribution < -0.4 is 11.0 Å². The van der Waals surface area contributed by atoms with Crippen molar-refractivity contribution in [3.63, 3.8) is 0 Å². The predicted molar refractivity (Wildman–Crippen MR) is 140 cm³/mol. The summed E-state index contributed by atoms with van der Waals surface area (Å²) in [6.07, 6.45) is -2.04. The second kappa shape index (κ2) is 9.09. The molecule has 0 aliphatic rings. The van der Waals surface area contributed by atoms with Crippen LogP contribution in [0.25, 0.3) is 38.8 Å². The van der Waals surface area contributed by atoms with Gasteiger partial charge in [0.1, 0.15) is 5.82 Å².